The minimum atomic E-state index is -0.946. The Morgan fingerprint density at radius 2 is 2.06 bits per heavy atom. The van der Waals surface area contributed by atoms with Crippen molar-refractivity contribution < 1.29 is 23.8 Å². The zero-order valence-corrected chi connectivity index (χ0v) is 9.99. The lowest BCUT2D eigenvalue weighted by Gasteiger charge is -2.15. The molecule has 0 aliphatic rings. The molecule has 0 amide bonds. The third-order valence-corrected chi connectivity index (χ3v) is 2.53. The first-order chi connectivity index (χ1) is 8.01. The molecular formula is C12H15FO4. The summed E-state index contributed by atoms with van der Waals surface area (Å²) in [7, 11) is 2.79. The van der Waals surface area contributed by atoms with Crippen molar-refractivity contribution >= 4 is 5.97 Å². The van der Waals surface area contributed by atoms with Gasteiger partial charge in [0.15, 0.2) is 11.6 Å². The Kier molecular flexibility index (Phi) is 4.31. The number of carbonyl (C=O) groups is 1. The van der Waals surface area contributed by atoms with E-state index in [-0.39, 0.29) is 12.2 Å². The maximum absolute atomic E-state index is 13.5. The van der Waals surface area contributed by atoms with Crippen molar-refractivity contribution in [1.29, 1.82) is 0 Å². The van der Waals surface area contributed by atoms with Gasteiger partial charge in [-0.15, -0.1) is 0 Å². The molecule has 1 N–H and O–H groups in total. The lowest BCUT2D eigenvalue weighted by atomic mass is 9.99. The van der Waals surface area contributed by atoms with Gasteiger partial charge in [-0.2, -0.15) is 0 Å². The average Bonchev–Trinajstić information content (AvgIpc) is 2.29. The highest BCUT2D eigenvalue weighted by atomic mass is 19.1. The summed E-state index contributed by atoms with van der Waals surface area (Å²) in [6.07, 6.45) is 0.152. The van der Waals surface area contributed by atoms with Crippen molar-refractivity contribution in [2.75, 3.05) is 14.2 Å². The number of carboxylic acids is 1. The molecule has 1 unspecified atom stereocenters. The van der Waals surface area contributed by atoms with Gasteiger partial charge in [0, 0.05) is 5.56 Å². The number of benzene rings is 1. The van der Waals surface area contributed by atoms with E-state index in [9.17, 15) is 9.18 Å². The zero-order chi connectivity index (χ0) is 13.0. The summed E-state index contributed by atoms with van der Waals surface area (Å²) in [6, 6.07) is 2.69. The molecule has 1 aromatic carbocycles. The van der Waals surface area contributed by atoms with E-state index in [0.29, 0.717) is 11.3 Å². The van der Waals surface area contributed by atoms with Gasteiger partial charge in [-0.05, 0) is 18.6 Å². The van der Waals surface area contributed by atoms with Crippen LogP contribution in [0, 0.1) is 11.7 Å². The lowest BCUT2D eigenvalue weighted by molar-refractivity contribution is -0.141. The van der Waals surface area contributed by atoms with Gasteiger partial charge in [-0.25, -0.2) is 4.39 Å². The van der Waals surface area contributed by atoms with Crippen molar-refractivity contribution in [3.63, 3.8) is 0 Å². The van der Waals surface area contributed by atoms with Gasteiger partial charge in [0.2, 0.25) is 0 Å². The highest BCUT2D eigenvalue weighted by Gasteiger charge is 2.20. The molecule has 0 aliphatic carbocycles. The Labute approximate surface area is 99.0 Å². The van der Waals surface area contributed by atoms with Crippen molar-refractivity contribution in [2.24, 2.45) is 5.92 Å². The number of carboxylic acid groups (broad SMARTS) is 1. The summed E-state index contributed by atoms with van der Waals surface area (Å²) in [4.78, 5) is 10.8. The molecule has 0 spiro atoms. The number of rotatable bonds is 5. The van der Waals surface area contributed by atoms with Crippen LogP contribution < -0.4 is 9.47 Å². The Bertz CT molecular complexity index is 417. The topological polar surface area (TPSA) is 55.8 Å². The molecule has 1 rings (SSSR count). The van der Waals surface area contributed by atoms with Crippen LogP contribution >= 0.6 is 0 Å². The van der Waals surface area contributed by atoms with E-state index in [2.05, 4.69) is 0 Å². The maximum Gasteiger partial charge on any atom is 0.306 e. The van der Waals surface area contributed by atoms with Crippen molar-refractivity contribution in [3.05, 3.63) is 23.5 Å². The smallest absolute Gasteiger partial charge is 0.306 e. The van der Waals surface area contributed by atoms with Crippen LogP contribution in [0.4, 0.5) is 4.39 Å². The van der Waals surface area contributed by atoms with Crippen molar-refractivity contribution in [2.45, 2.75) is 13.3 Å². The Morgan fingerprint density at radius 1 is 1.41 bits per heavy atom. The van der Waals surface area contributed by atoms with E-state index in [1.807, 2.05) is 0 Å². The van der Waals surface area contributed by atoms with Crippen LogP contribution in [0.3, 0.4) is 0 Å². The second kappa shape index (κ2) is 5.52. The highest BCUT2D eigenvalue weighted by molar-refractivity contribution is 5.70. The highest BCUT2D eigenvalue weighted by Crippen LogP contribution is 2.33. The molecule has 0 aliphatic heterocycles. The molecule has 17 heavy (non-hydrogen) atoms. The number of hydrogen-bond donors (Lipinski definition) is 1. The molecule has 0 aromatic heterocycles. The second-order valence-corrected chi connectivity index (χ2v) is 3.70. The summed E-state index contributed by atoms with van der Waals surface area (Å²) in [5.41, 5.74) is 0.435. The Balaban J connectivity index is 3.18. The van der Waals surface area contributed by atoms with Crippen LogP contribution in [-0.4, -0.2) is 25.3 Å². The normalized spacial score (nSPS) is 12.0. The van der Waals surface area contributed by atoms with E-state index >= 15 is 0 Å². The first-order valence-corrected chi connectivity index (χ1v) is 5.13. The molecular weight excluding hydrogens is 227 g/mol. The number of halogens is 1. The molecule has 4 nitrogen and oxygen atoms in total. The average molecular weight is 242 g/mol. The predicted molar refractivity (Wildman–Crippen MR) is 60.0 cm³/mol. The van der Waals surface area contributed by atoms with Crippen LogP contribution in [0.2, 0.25) is 0 Å². The first-order valence-electron chi connectivity index (χ1n) is 5.13. The van der Waals surface area contributed by atoms with Gasteiger partial charge >= 0.3 is 5.97 Å². The Hall–Kier alpha value is -1.78. The van der Waals surface area contributed by atoms with E-state index in [0.717, 1.165) is 0 Å². The predicted octanol–water partition coefficient (Wildman–Crippen LogP) is 2.11. The lowest BCUT2D eigenvalue weighted by Crippen LogP contribution is -2.14. The third-order valence-electron chi connectivity index (χ3n) is 2.53. The van der Waals surface area contributed by atoms with Gasteiger partial charge in [0.25, 0.3) is 0 Å². The fourth-order valence-corrected chi connectivity index (χ4v) is 1.58. The Morgan fingerprint density at radius 3 is 2.53 bits per heavy atom. The minimum Gasteiger partial charge on any atom is -0.496 e. The van der Waals surface area contributed by atoms with Gasteiger partial charge in [0.05, 0.1) is 20.1 Å². The molecule has 5 heteroatoms. The SMILES string of the molecule is COc1ccc(F)c(OC)c1CC(C)C(=O)O. The number of methoxy groups -OCH3 is 2. The molecule has 1 atom stereocenters. The first kappa shape index (κ1) is 13.3. The van der Waals surface area contributed by atoms with Gasteiger partial charge in [-0.3, -0.25) is 4.79 Å². The van der Waals surface area contributed by atoms with E-state index in [4.69, 9.17) is 14.6 Å². The summed E-state index contributed by atoms with van der Waals surface area (Å²) in [5, 5.41) is 8.86. The maximum atomic E-state index is 13.5. The van der Waals surface area contributed by atoms with Gasteiger partial charge in [-0.1, -0.05) is 6.92 Å². The molecule has 0 fully saturated rings. The fourth-order valence-electron chi connectivity index (χ4n) is 1.58. The van der Waals surface area contributed by atoms with Crippen molar-refractivity contribution in [1.82, 2.24) is 0 Å². The molecule has 0 heterocycles. The van der Waals surface area contributed by atoms with Crippen LogP contribution in [0.25, 0.3) is 0 Å². The zero-order valence-electron chi connectivity index (χ0n) is 9.99. The summed E-state index contributed by atoms with van der Waals surface area (Å²) in [5.74, 6) is -1.65. The largest absolute Gasteiger partial charge is 0.496 e. The van der Waals surface area contributed by atoms with Gasteiger partial charge in [0.1, 0.15) is 5.75 Å². The summed E-state index contributed by atoms with van der Waals surface area (Å²) < 4.78 is 23.5. The molecule has 1 aromatic rings. The van der Waals surface area contributed by atoms with Crippen LogP contribution in [0.5, 0.6) is 11.5 Å². The minimum absolute atomic E-state index is 0.0393. The van der Waals surface area contributed by atoms with Crippen LogP contribution in [0.1, 0.15) is 12.5 Å². The molecule has 0 saturated heterocycles. The number of hydrogen-bond acceptors (Lipinski definition) is 3. The third kappa shape index (κ3) is 2.87. The summed E-state index contributed by atoms with van der Waals surface area (Å²) in [6.45, 7) is 1.55. The molecule has 94 valence electrons. The molecule has 0 radical (unpaired) electrons. The quantitative estimate of drug-likeness (QED) is 0.859. The van der Waals surface area contributed by atoms with E-state index < -0.39 is 17.7 Å². The molecule has 0 saturated carbocycles. The second-order valence-electron chi connectivity index (χ2n) is 3.70. The molecule has 0 bridgehead atoms. The monoisotopic (exact) mass is 242 g/mol. The number of ether oxygens (including phenoxy) is 2. The van der Waals surface area contributed by atoms with E-state index in [1.165, 1.54) is 26.4 Å². The van der Waals surface area contributed by atoms with Crippen molar-refractivity contribution in [3.8, 4) is 11.5 Å². The van der Waals surface area contributed by atoms with Crippen LogP contribution in [-0.2, 0) is 11.2 Å². The standard InChI is InChI=1S/C12H15FO4/c1-7(12(14)15)6-8-10(16-2)5-4-9(13)11(8)17-3/h4-5,7H,6H2,1-3H3,(H,14,15). The number of aliphatic carboxylic acids is 1. The van der Waals surface area contributed by atoms with Gasteiger partial charge < -0.3 is 14.6 Å². The summed E-state index contributed by atoms with van der Waals surface area (Å²) >= 11 is 0. The van der Waals surface area contributed by atoms with Crippen LogP contribution in [0.15, 0.2) is 12.1 Å². The van der Waals surface area contributed by atoms with E-state index in [1.54, 1.807) is 6.92 Å². The fraction of sp³-hybridized carbons (Fsp3) is 0.417.